The fourth-order valence-corrected chi connectivity index (χ4v) is 5.94. The number of nitrogens with zero attached hydrogens (tertiary/aromatic N) is 2. The molecule has 3 aliphatic rings. The summed E-state index contributed by atoms with van der Waals surface area (Å²) in [4.78, 5) is 17.0. The van der Waals surface area contributed by atoms with Gasteiger partial charge in [-0.25, -0.2) is 4.98 Å². The third-order valence-corrected chi connectivity index (χ3v) is 8.03. The molecule has 4 heterocycles. The van der Waals surface area contributed by atoms with Gasteiger partial charge in [0.1, 0.15) is 12.4 Å². The number of pyridine rings is 1. The number of amides is 1. The zero-order valence-corrected chi connectivity index (χ0v) is 21.3. The van der Waals surface area contributed by atoms with Crippen molar-refractivity contribution < 1.29 is 14.3 Å². The number of H-pyrrole nitrogens is 1. The summed E-state index contributed by atoms with van der Waals surface area (Å²) in [5, 5.41) is 15.2. The number of carbonyl (C=O) groups excluding carboxylic acids is 1. The van der Waals surface area contributed by atoms with Crippen LogP contribution in [-0.2, 0) is 17.6 Å². The third kappa shape index (κ3) is 4.44. The Bertz CT molecular complexity index is 1510. The third-order valence-electron chi connectivity index (χ3n) is 8.03. The van der Waals surface area contributed by atoms with Crippen LogP contribution in [0.5, 0.6) is 5.75 Å². The van der Waals surface area contributed by atoms with E-state index in [-0.39, 0.29) is 5.91 Å². The first-order chi connectivity index (χ1) is 18.7. The number of nitrogens with one attached hydrogen (secondary N) is 3. The molecule has 0 saturated carbocycles. The van der Waals surface area contributed by atoms with Crippen LogP contribution >= 0.6 is 0 Å². The van der Waals surface area contributed by atoms with Gasteiger partial charge in [-0.05, 0) is 67.0 Å². The minimum Gasteiger partial charge on any atom is -0.491 e. The first-order valence-electron chi connectivity index (χ1n) is 13.6. The van der Waals surface area contributed by atoms with Gasteiger partial charge < -0.3 is 20.1 Å². The number of benzene rings is 2. The minimum absolute atomic E-state index is 0.111. The highest BCUT2D eigenvalue weighted by Gasteiger charge is 2.23. The Hall–Kier alpha value is -3.75. The zero-order valence-electron chi connectivity index (χ0n) is 21.3. The van der Waals surface area contributed by atoms with E-state index in [1.54, 1.807) is 0 Å². The summed E-state index contributed by atoms with van der Waals surface area (Å²) in [7, 11) is 0. The van der Waals surface area contributed by atoms with E-state index in [4.69, 9.17) is 9.47 Å². The number of hydrogen-bond acceptors (Lipinski definition) is 6. The van der Waals surface area contributed by atoms with Crippen LogP contribution in [0.3, 0.4) is 0 Å². The predicted octanol–water partition coefficient (Wildman–Crippen LogP) is 4.04. The summed E-state index contributed by atoms with van der Waals surface area (Å²) in [6.07, 6.45) is 7.51. The van der Waals surface area contributed by atoms with Crippen molar-refractivity contribution in [2.45, 2.75) is 44.2 Å². The molecule has 194 valence electrons. The number of aromatic amines is 1. The van der Waals surface area contributed by atoms with E-state index in [0.717, 1.165) is 61.1 Å². The number of carbonyl (C=O) groups is 1. The lowest BCUT2D eigenvalue weighted by atomic mass is 9.96. The molecule has 1 saturated heterocycles. The molecule has 1 amide bonds. The molecule has 0 spiro atoms. The second-order valence-electron chi connectivity index (χ2n) is 10.5. The molecule has 2 unspecified atom stereocenters. The Labute approximate surface area is 221 Å². The number of hydrogen-bond donors (Lipinski definition) is 3. The lowest BCUT2D eigenvalue weighted by Crippen LogP contribution is -2.38. The quantitative estimate of drug-likeness (QED) is 0.359. The van der Waals surface area contributed by atoms with Crippen LogP contribution in [0.2, 0.25) is 0 Å². The highest BCUT2D eigenvalue weighted by Crippen LogP contribution is 2.34. The van der Waals surface area contributed by atoms with Crippen molar-refractivity contribution in [3.8, 4) is 28.1 Å². The Balaban J connectivity index is 1.17. The highest BCUT2D eigenvalue weighted by molar-refractivity contribution is 5.99. The Morgan fingerprint density at radius 3 is 2.68 bits per heavy atom. The van der Waals surface area contributed by atoms with Crippen LogP contribution < -0.4 is 15.4 Å². The van der Waals surface area contributed by atoms with E-state index in [9.17, 15) is 4.79 Å². The van der Waals surface area contributed by atoms with Crippen LogP contribution in [-0.4, -0.2) is 59.5 Å². The topological polar surface area (TPSA) is 101 Å². The summed E-state index contributed by atoms with van der Waals surface area (Å²) in [5.74, 6) is 0.476. The minimum atomic E-state index is -0.111. The fraction of sp³-hybridized carbons (Fsp3) is 0.367. The molecule has 8 nitrogen and oxygen atoms in total. The van der Waals surface area contributed by atoms with Gasteiger partial charge >= 0.3 is 0 Å². The maximum Gasteiger partial charge on any atom is 0.255 e. The van der Waals surface area contributed by atoms with Gasteiger partial charge in [0, 0.05) is 41.4 Å². The molecular weight excluding hydrogens is 478 g/mol. The largest absolute Gasteiger partial charge is 0.491 e. The Morgan fingerprint density at radius 1 is 0.895 bits per heavy atom. The molecule has 1 aliphatic carbocycles. The molecule has 4 aromatic rings. The van der Waals surface area contributed by atoms with Crippen LogP contribution in [0.15, 0.2) is 48.7 Å². The first kappa shape index (κ1) is 23.4. The molecule has 38 heavy (non-hydrogen) atoms. The van der Waals surface area contributed by atoms with Gasteiger partial charge in [0.25, 0.3) is 5.91 Å². The van der Waals surface area contributed by atoms with Crippen LogP contribution in [0.1, 0.15) is 40.7 Å². The van der Waals surface area contributed by atoms with E-state index in [0.29, 0.717) is 42.2 Å². The van der Waals surface area contributed by atoms with Crippen molar-refractivity contribution >= 4 is 16.9 Å². The molecule has 0 bridgehead atoms. The highest BCUT2D eigenvalue weighted by atomic mass is 16.5. The Kier molecular flexibility index (Phi) is 6.06. The van der Waals surface area contributed by atoms with Gasteiger partial charge in [-0.2, -0.15) is 5.10 Å². The average Bonchev–Trinajstić information content (AvgIpc) is 3.52. The van der Waals surface area contributed by atoms with Crippen molar-refractivity contribution in [1.29, 1.82) is 0 Å². The average molecular weight is 510 g/mol. The second kappa shape index (κ2) is 9.85. The van der Waals surface area contributed by atoms with Crippen molar-refractivity contribution in [1.82, 2.24) is 25.8 Å². The first-order valence-corrected chi connectivity index (χ1v) is 13.6. The number of aryl methyl sites for hydroxylation is 2. The number of fused-ring (bicyclic) bond motifs is 3. The van der Waals surface area contributed by atoms with Crippen LogP contribution in [0.4, 0.5) is 0 Å². The van der Waals surface area contributed by atoms with E-state index >= 15 is 0 Å². The molecule has 7 rings (SSSR count). The number of ether oxygens (including phenoxy) is 2. The lowest BCUT2D eigenvalue weighted by Gasteiger charge is -2.20. The SMILES string of the molecule is O=C1NCCOc2cc(-c3[nH]nc4ncc(-c5ccc6c(c5)CCC(NC5CCOC5)CC6)cc34)ccc21. The molecule has 0 radical (unpaired) electrons. The molecule has 2 aliphatic heterocycles. The maximum atomic E-state index is 12.3. The van der Waals surface area contributed by atoms with Gasteiger partial charge in [-0.15, -0.1) is 0 Å². The van der Waals surface area contributed by atoms with Crippen molar-refractivity contribution in [2.24, 2.45) is 0 Å². The molecule has 8 heteroatoms. The van der Waals surface area contributed by atoms with E-state index < -0.39 is 0 Å². The van der Waals surface area contributed by atoms with E-state index in [2.05, 4.69) is 50.1 Å². The van der Waals surface area contributed by atoms with Gasteiger partial charge in [0.2, 0.25) is 0 Å². The molecular formula is C30H31N5O3. The number of rotatable bonds is 4. The maximum absolute atomic E-state index is 12.3. The lowest BCUT2D eigenvalue weighted by molar-refractivity contribution is 0.0957. The molecule has 3 N–H and O–H groups in total. The van der Waals surface area contributed by atoms with E-state index in [1.807, 2.05) is 24.4 Å². The van der Waals surface area contributed by atoms with E-state index in [1.165, 1.54) is 23.1 Å². The zero-order chi connectivity index (χ0) is 25.5. The predicted molar refractivity (Wildman–Crippen MR) is 145 cm³/mol. The normalized spacial score (nSPS) is 21.2. The second-order valence-corrected chi connectivity index (χ2v) is 10.5. The van der Waals surface area contributed by atoms with Crippen molar-refractivity contribution in [3.05, 3.63) is 65.4 Å². The molecule has 2 atom stereocenters. The van der Waals surface area contributed by atoms with Crippen molar-refractivity contribution in [2.75, 3.05) is 26.4 Å². The van der Waals surface area contributed by atoms with Crippen LogP contribution in [0, 0.1) is 0 Å². The monoisotopic (exact) mass is 509 g/mol. The number of aromatic nitrogens is 3. The standard InChI is InChI=1S/C30H31N5O3/c36-30-25-8-5-21(15-27(25)38-12-10-31-30)28-26-14-22(16-32-29(26)35-34-28)20-2-1-18-3-6-23(7-4-19(18)13-20)33-24-9-11-37-17-24/h1-2,5,8,13-16,23-24,33H,3-4,6-7,9-12,17H2,(H,31,36)(H,32,34,35). The van der Waals surface area contributed by atoms with Crippen LogP contribution in [0.25, 0.3) is 33.4 Å². The van der Waals surface area contributed by atoms with Gasteiger partial charge in [-0.1, -0.05) is 24.3 Å². The summed E-state index contributed by atoms with van der Waals surface area (Å²) >= 11 is 0. The van der Waals surface area contributed by atoms with Crippen molar-refractivity contribution in [3.63, 3.8) is 0 Å². The van der Waals surface area contributed by atoms with Gasteiger partial charge in [0.05, 0.1) is 24.4 Å². The summed E-state index contributed by atoms with van der Waals surface area (Å²) in [6, 6.07) is 15.7. The van der Waals surface area contributed by atoms with Gasteiger partial charge in [0.15, 0.2) is 5.65 Å². The Morgan fingerprint density at radius 2 is 1.79 bits per heavy atom. The summed E-state index contributed by atoms with van der Waals surface area (Å²) < 4.78 is 11.4. The molecule has 2 aromatic carbocycles. The molecule has 2 aromatic heterocycles. The smallest absolute Gasteiger partial charge is 0.255 e. The molecule has 1 fully saturated rings. The summed E-state index contributed by atoms with van der Waals surface area (Å²) in [6.45, 7) is 2.66. The summed E-state index contributed by atoms with van der Waals surface area (Å²) in [5.41, 5.74) is 8.11. The fourth-order valence-electron chi connectivity index (χ4n) is 5.94. The van der Waals surface area contributed by atoms with Gasteiger partial charge in [-0.3, -0.25) is 9.89 Å².